The summed E-state index contributed by atoms with van der Waals surface area (Å²) in [7, 11) is 0. The Morgan fingerprint density at radius 2 is 2.36 bits per heavy atom. The zero-order chi connectivity index (χ0) is 7.56. The minimum absolute atomic E-state index is 0. The van der Waals surface area contributed by atoms with E-state index in [4.69, 9.17) is 0 Å². The van der Waals surface area contributed by atoms with Crippen molar-refractivity contribution in [2.45, 2.75) is 20.4 Å². The average Bonchev–Trinajstić information content (AvgIpc) is 2.30. The number of halogens is 1. The van der Waals surface area contributed by atoms with E-state index in [2.05, 4.69) is 5.10 Å². The van der Waals surface area contributed by atoms with Gasteiger partial charge in [-0.2, -0.15) is 5.10 Å². The number of rotatable bonds is 2. The van der Waals surface area contributed by atoms with Gasteiger partial charge in [-0.3, -0.25) is 9.48 Å². The first kappa shape index (κ1) is 10.2. The standard InChI is InChI=1S/C7H10N2O.ClH/c1-3-9-6(2)4-7(5-10)8-9;/h4-5H,3H2,1-2H3;1H. The van der Waals surface area contributed by atoms with Crippen LogP contribution in [-0.2, 0) is 6.54 Å². The minimum Gasteiger partial charge on any atom is -0.296 e. The third kappa shape index (κ3) is 2.05. The molecule has 0 atom stereocenters. The van der Waals surface area contributed by atoms with Gasteiger partial charge in [-0.15, -0.1) is 12.4 Å². The monoisotopic (exact) mass is 174 g/mol. The molecule has 0 unspecified atom stereocenters. The molecule has 1 rings (SSSR count). The highest BCUT2D eigenvalue weighted by Gasteiger charge is 1.98. The maximum atomic E-state index is 10.2. The van der Waals surface area contributed by atoms with E-state index in [1.165, 1.54) is 0 Å². The predicted octanol–water partition coefficient (Wildman–Crippen LogP) is 1.45. The fraction of sp³-hybridized carbons (Fsp3) is 0.429. The quantitative estimate of drug-likeness (QED) is 0.636. The summed E-state index contributed by atoms with van der Waals surface area (Å²) >= 11 is 0. The van der Waals surface area contributed by atoms with E-state index in [1.54, 1.807) is 10.7 Å². The molecule has 0 bridgehead atoms. The maximum Gasteiger partial charge on any atom is 0.170 e. The molecule has 0 N–H and O–H groups in total. The fourth-order valence-corrected chi connectivity index (χ4v) is 0.913. The Kier molecular flexibility index (Phi) is 3.82. The molecular weight excluding hydrogens is 164 g/mol. The highest BCUT2D eigenvalue weighted by molar-refractivity contribution is 5.85. The molecule has 1 aromatic rings. The van der Waals surface area contributed by atoms with Gasteiger partial charge in [0.25, 0.3) is 0 Å². The summed E-state index contributed by atoms with van der Waals surface area (Å²) < 4.78 is 1.80. The third-order valence-corrected chi connectivity index (χ3v) is 1.42. The zero-order valence-corrected chi connectivity index (χ0v) is 7.39. The molecule has 0 aliphatic carbocycles. The van der Waals surface area contributed by atoms with Gasteiger partial charge in [0.1, 0.15) is 5.69 Å². The lowest BCUT2D eigenvalue weighted by atomic mass is 10.4. The summed E-state index contributed by atoms with van der Waals surface area (Å²) in [5, 5.41) is 4.00. The van der Waals surface area contributed by atoms with Crippen LogP contribution in [0, 0.1) is 6.92 Å². The molecule has 0 aliphatic heterocycles. The first-order chi connectivity index (χ1) is 4.77. The average molecular weight is 175 g/mol. The summed E-state index contributed by atoms with van der Waals surface area (Å²) in [6.45, 7) is 4.75. The van der Waals surface area contributed by atoms with Gasteiger partial charge in [0, 0.05) is 12.2 Å². The molecular formula is C7H11ClN2O. The Morgan fingerprint density at radius 3 is 2.64 bits per heavy atom. The molecule has 4 heteroatoms. The van der Waals surface area contributed by atoms with E-state index >= 15 is 0 Å². The molecule has 0 aromatic carbocycles. The first-order valence-corrected chi connectivity index (χ1v) is 3.27. The number of carbonyl (C=O) groups is 1. The second kappa shape index (κ2) is 4.13. The largest absolute Gasteiger partial charge is 0.296 e. The molecule has 1 aromatic heterocycles. The van der Waals surface area contributed by atoms with Crippen LogP contribution in [0.5, 0.6) is 0 Å². The number of carbonyl (C=O) groups excluding carboxylic acids is 1. The lowest BCUT2D eigenvalue weighted by Gasteiger charge is -1.95. The van der Waals surface area contributed by atoms with Crippen LogP contribution in [0.3, 0.4) is 0 Å². The second-order valence-corrected chi connectivity index (χ2v) is 2.14. The van der Waals surface area contributed by atoms with Crippen LogP contribution < -0.4 is 0 Å². The van der Waals surface area contributed by atoms with Crippen LogP contribution in [0.1, 0.15) is 23.1 Å². The van der Waals surface area contributed by atoms with Gasteiger partial charge >= 0.3 is 0 Å². The summed E-state index contributed by atoms with van der Waals surface area (Å²) in [4.78, 5) is 10.2. The molecule has 0 amide bonds. The van der Waals surface area contributed by atoms with Crippen LogP contribution in [0.4, 0.5) is 0 Å². The lowest BCUT2D eigenvalue weighted by Crippen LogP contribution is -1.98. The number of aldehydes is 1. The Morgan fingerprint density at radius 1 is 1.73 bits per heavy atom. The molecule has 0 spiro atoms. The van der Waals surface area contributed by atoms with Crippen molar-refractivity contribution in [3.05, 3.63) is 17.5 Å². The van der Waals surface area contributed by atoms with Crippen molar-refractivity contribution in [1.82, 2.24) is 9.78 Å². The van der Waals surface area contributed by atoms with Crippen molar-refractivity contribution < 1.29 is 4.79 Å². The van der Waals surface area contributed by atoms with Gasteiger partial charge in [-0.25, -0.2) is 0 Å². The van der Waals surface area contributed by atoms with Crippen LogP contribution in [0.15, 0.2) is 6.07 Å². The van der Waals surface area contributed by atoms with Gasteiger partial charge in [0.2, 0.25) is 0 Å². The Bertz CT molecular complexity index is 245. The topological polar surface area (TPSA) is 34.9 Å². The van der Waals surface area contributed by atoms with Crippen molar-refractivity contribution in [2.75, 3.05) is 0 Å². The van der Waals surface area contributed by atoms with Gasteiger partial charge in [0.15, 0.2) is 6.29 Å². The number of hydrogen-bond acceptors (Lipinski definition) is 2. The van der Waals surface area contributed by atoms with Crippen molar-refractivity contribution in [3.8, 4) is 0 Å². The molecule has 3 nitrogen and oxygen atoms in total. The zero-order valence-electron chi connectivity index (χ0n) is 6.57. The third-order valence-electron chi connectivity index (χ3n) is 1.42. The van der Waals surface area contributed by atoms with E-state index in [0.717, 1.165) is 18.5 Å². The molecule has 0 fully saturated rings. The van der Waals surface area contributed by atoms with E-state index in [0.29, 0.717) is 5.69 Å². The van der Waals surface area contributed by atoms with Gasteiger partial charge < -0.3 is 0 Å². The molecule has 1 heterocycles. The van der Waals surface area contributed by atoms with Crippen molar-refractivity contribution in [3.63, 3.8) is 0 Å². The van der Waals surface area contributed by atoms with Crippen molar-refractivity contribution in [2.24, 2.45) is 0 Å². The van der Waals surface area contributed by atoms with E-state index < -0.39 is 0 Å². The summed E-state index contributed by atoms with van der Waals surface area (Å²) in [5.41, 5.74) is 1.55. The number of nitrogens with zero attached hydrogens (tertiary/aromatic N) is 2. The normalized spacial score (nSPS) is 8.91. The van der Waals surface area contributed by atoms with E-state index in [9.17, 15) is 4.79 Å². The molecule has 0 aliphatic rings. The Hall–Kier alpha value is -0.830. The molecule has 0 saturated heterocycles. The smallest absolute Gasteiger partial charge is 0.170 e. The van der Waals surface area contributed by atoms with Gasteiger partial charge in [0.05, 0.1) is 0 Å². The van der Waals surface area contributed by atoms with Gasteiger partial charge in [-0.1, -0.05) is 0 Å². The van der Waals surface area contributed by atoms with Crippen LogP contribution in [0.25, 0.3) is 0 Å². The molecule has 11 heavy (non-hydrogen) atoms. The van der Waals surface area contributed by atoms with E-state index in [1.807, 2.05) is 13.8 Å². The highest BCUT2D eigenvalue weighted by atomic mass is 35.5. The number of hydrogen-bond donors (Lipinski definition) is 0. The summed E-state index contributed by atoms with van der Waals surface area (Å²) in [5.74, 6) is 0. The number of aryl methyl sites for hydroxylation is 2. The fourth-order valence-electron chi connectivity index (χ4n) is 0.913. The first-order valence-electron chi connectivity index (χ1n) is 3.27. The Labute approximate surface area is 71.8 Å². The summed E-state index contributed by atoms with van der Waals surface area (Å²) in [6.07, 6.45) is 0.763. The number of aromatic nitrogens is 2. The summed E-state index contributed by atoms with van der Waals surface area (Å²) in [6, 6.07) is 1.77. The van der Waals surface area contributed by atoms with Crippen LogP contribution >= 0.6 is 12.4 Å². The second-order valence-electron chi connectivity index (χ2n) is 2.14. The highest BCUT2D eigenvalue weighted by Crippen LogP contribution is 1.99. The van der Waals surface area contributed by atoms with E-state index in [-0.39, 0.29) is 12.4 Å². The maximum absolute atomic E-state index is 10.2. The van der Waals surface area contributed by atoms with Gasteiger partial charge in [-0.05, 0) is 19.9 Å². The minimum atomic E-state index is 0. The SMILES string of the molecule is CCn1nc(C=O)cc1C.Cl. The molecule has 62 valence electrons. The van der Waals surface area contributed by atoms with Crippen molar-refractivity contribution in [1.29, 1.82) is 0 Å². The molecule has 0 saturated carbocycles. The predicted molar refractivity (Wildman–Crippen MR) is 45.3 cm³/mol. The Balaban J connectivity index is 0.000001000. The molecule has 0 radical (unpaired) electrons. The van der Waals surface area contributed by atoms with Crippen LogP contribution in [0.2, 0.25) is 0 Å². The lowest BCUT2D eigenvalue weighted by molar-refractivity contribution is 0.111. The van der Waals surface area contributed by atoms with Crippen LogP contribution in [-0.4, -0.2) is 16.1 Å². The van der Waals surface area contributed by atoms with Crippen molar-refractivity contribution >= 4 is 18.7 Å².